The van der Waals surface area contributed by atoms with Crippen molar-refractivity contribution in [3.8, 4) is 5.75 Å². The van der Waals surface area contributed by atoms with E-state index in [0.29, 0.717) is 12.3 Å². The predicted molar refractivity (Wildman–Crippen MR) is 104 cm³/mol. The van der Waals surface area contributed by atoms with Gasteiger partial charge < -0.3 is 14.1 Å². The van der Waals surface area contributed by atoms with Crippen LogP contribution in [-0.2, 0) is 13.0 Å². The second kappa shape index (κ2) is 6.20. The summed E-state index contributed by atoms with van der Waals surface area (Å²) in [5.74, 6) is 0.842. The molecule has 0 saturated carbocycles. The molecule has 0 fully saturated rings. The van der Waals surface area contributed by atoms with Crippen LogP contribution in [0.3, 0.4) is 0 Å². The molecule has 0 spiro atoms. The third kappa shape index (κ3) is 2.66. The van der Waals surface area contributed by atoms with Gasteiger partial charge in [0.25, 0.3) is 0 Å². The van der Waals surface area contributed by atoms with Gasteiger partial charge in [-0.3, -0.25) is 0 Å². The molecule has 1 aliphatic rings. The number of nitrogens with zero attached hydrogens (tertiary/aromatic N) is 1. The van der Waals surface area contributed by atoms with Gasteiger partial charge in [-0.15, -0.1) is 0 Å². The zero-order chi connectivity index (χ0) is 18.4. The van der Waals surface area contributed by atoms with E-state index in [0.717, 1.165) is 46.5 Å². The molecule has 0 bridgehead atoms. The lowest BCUT2D eigenvalue weighted by Crippen LogP contribution is -2.32. The summed E-state index contributed by atoms with van der Waals surface area (Å²) in [4.78, 5) is 14.1. The minimum atomic E-state index is -0.301. The Hall–Kier alpha value is -2.75. The van der Waals surface area contributed by atoms with Crippen LogP contribution in [0, 0.1) is 20.8 Å². The summed E-state index contributed by atoms with van der Waals surface area (Å²) in [6.45, 7) is 9.54. The number of hydrogen-bond acceptors (Lipinski definition) is 4. The maximum atomic E-state index is 11.9. The van der Waals surface area contributed by atoms with E-state index in [1.165, 1.54) is 11.1 Å². The Labute approximate surface area is 153 Å². The van der Waals surface area contributed by atoms with E-state index >= 15 is 0 Å². The van der Waals surface area contributed by atoms with Crippen LogP contribution in [-0.4, -0.2) is 6.73 Å². The first kappa shape index (κ1) is 16.7. The van der Waals surface area contributed by atoms with Crippen molar-refractivity contribution in [3.05, 3.63) is 68.6 Å². The van der Waals surface area contributed by atoms with E-state index in [9.17, 15) is 4.79 Å². The Balaban J connectivity index is 1.81. The van der Waals surface area contributed by atoms with Gasteiger partial charge in [0.2, 0.25) is 0 Å². The van der Waals surface area contributed by atoms with E-state index < -0.39 is 0 Å². The molecule has 0 unspecified atom stereocenters. The summed E-state index contributed by atoms with van der Waals surface area (Å²) in [6, 6.07) is 10.2. The van der Waals surface area contributed by atoms with Crippen LogP contribution in [0.4, 0.5) is 5.69 Å². The quantitative estimate of drug-likeness (QED) is 0.632. The van der Waals surface area contributed by atoms with Crippen LogP contribution in [0.5, 0.6) is 5.75 Å². The van der Waals surface area contributed by atoms with Crippen molar-refractivity contribution in [3.63, 3.8) is 0 Å². The molecular formula is C22H23NO3. The summed E-state index contributed by atoms with van der Waals surface area (Å²) in [5, 5.41) is 1.01. The number of hydrogen-bond donors (Lipinski definition) is 0. The fraction of sp³-hybridized carbons (Fsp3) is 0.318. The average Bonchev–Trinajstić information content (AvgIpc) is 2.64. The molecule has 1 aromatic heterocycles. The first-order valence-corrected chi connectivity index (χ1v) is 9.02. The van der Waals surface area contributed by atoms with Crippen molar-refractivity contribution >= 4 is 16.7 Å². The van der Waals surface area contributed by atoms with Crippen molar-refractivity contribution in [2.75, 3.05) is 11.6 Å². The van der Waals surface area contributed by atoms with Crippen molar-refractivity contribution in [2.24, 2.45) is 0 Å². The number of benzene rings is 2. The molecule has 1 aliphatic heterocycles. The highest BCUT2D eigenvalue weighted by atomic mass is 16.5. The largest absolute Gasteiger partial charge is 0.472 e. The standard InChI is InChI=1S/C22H23NO3/c1-5-16-10-20(24)26-22-15(4)21-17(9-19(16)22)11-23(12-25-21)18-7-6-13(2)14(3)8-18/h6-10H,5,11-12H2,1-4H3. The molecule has 0 amide bonds. The van der Waals surface area contributed by atoms with Gasteiger partial charge in [0.05, 0.1) is 0 Å². The van der Waals surface area contributed by atoms with E-state index in [2.05, 4.69) is 49.9 Å². The lowest BCUT2D eigenvalue weighted by atomic mass is 9.99. The lowest BCUT2D eigenvalue weighted by molar-refractivity contribution is 0.287. The second-order valence-corrected chi connectivity index (χ2v) is 7.05. The molecule has 2 aromatic carbocycles. The Kier molecular flexibility index (Phi) is 3.98. The second-order valence-electron chi connectivity index (χ2n) is 7.05. The molecular weight excluding hydrogens is 326 g/mol. The minimum Gasteiger partial charge on any atom is -0.472 e. The zero-order valence-corrected chi connectivity index (χ0v) is 15.7. The van der Waals surface area contributed by atoms with Gasteiger partial charge in [-0.25, -0.2) is 4.79 Å². The summed E-state index contributed by atoms with van der Waals surface area (Å²) < 4.78 is 11.6. The van der Waals surface area contributed by atoms with Crippen LogP contribution in [0.15, 0.2) is 39.5 Å². The topological polar surface area (TPSA) is 42.7 Å². The van der Waals surface area contributed by atoms with Gasteiger partial charge in [-0.05, 0) is 62.1 Å². The molecule has 4 heteroatoms. The van der Waals surface area contributed by atoms with E-state index in [-0.39, 0.29) is 5.63 Å². The Morgan fingerprint density at radius 1 is 1.08 bits per heavy atom. The highest BCUT2D eigenvalue weighted by molar-refractivity contribution is 5.86. The average molecular weight is 349 g/mol. The molecule has 2 heterocycles. The van der Waals surface area contributed by atoms with Crippen molar-refractivity contribution < 1.29 is 9.15 Å². The Morgan fingerprint density at radius 3 is 2.62 bits per heavy atom. The number of anilines is 1. The molecule has 4 nitrogen and oxygen atoms in total. The highest BCUT2D eigenvalue weighted by Crippen LogP contribution is 2.37. The Bertz CT molecular complexity index is 1070. The third-order valence-electron chi connectivity index (χ3n) is 5.34. The van der Waals surface area contributed by atoms with E-state index in [4.69, 9.17) is 9.15 Å². The van der Waals surface area contributed by atoms with Crippen molar-refractivity contribution in [2.45, 2.75) is 40.7 Å². The summed E-state index contributed by atoms with van der Waals surface area (Å²) in [5.41, 5.74) is 7.12. The van der Waals surface area contributed by atoms with Gasteiger partial charge in [-0.2, -0.15) is 0 Å². The minimum absolute atomic E-state index is 0.301. The van der Waals surface area contributed by atoms with Gasteiger partial charge in [0.1, 0.15) is 11.3 Å². The van der Waals surface area contributed by atoms with Crippen LogP contribution < -0.4 is 15.3 Å². The van der Waals surface area contributed by atoms with Crippen LogP contribution in [0.25, 0.3) is 11.0 Å². The van der Waals surface area contributed by atoms with E-state index in [1.807, 2.05) is 6.92 Å². The van der Waals surface area contributed by atoms with Gasteiger partial charge in [0.15, 0.2) is 6.73 Å². The third-order valence-corrected chi connectivity index (χ3v) is 5.34. The number of rotatable bonds is 2. The van der Waals surface area contributed by atoms with Crippen molar-refractivity contribution in [1.82, 2.24) is 0 Å². The number of ether oxygens (including phenoxy) is 1. The molecule has 134 valence electrons. The van der Waals surface area contributed by atoms with Crippen LogP contribution in [0.2, 0.25) is 0 Å². The summed E-state index contributed by atoms with van der Waals surface area (Å²) in [7, 11) is 0. The SMILES string of the molecule is CCc1cc(=O)oc2c(C)c3c(cc12)CN(c1ccc(C)c(C)c1)CO3. The normalized spacial score (nSPS) is 13.6. The van der Waals surface area contributed by atoms with Crippen molar-refractivity contribution in [1.29, 1.82) is 0 Å². The Morgan fingerprint density at radius 2 is 1.88 bits per heavy atom. The number of aryl methyl sites for hydroxylation is 4. The lowest BCUT2D eigenvalue weighted by Gasteiger charge is -2.32. The predicted octanol–water partition coefficient (Wildman–Crippen LogP) is 4.64. The maximum Gasteiger partial charge on any atom is 0.336 e. The molecule has 0 aliphatic carbocycles. The molecule has 0 N–H and O–H groups in total. The molecule has 0 saturated heterocycles. The maximum absolute atomic E-state index is 11.9. The zero-order valence-electron chi connectivity index (χ0n) is 15.7. The summed E-state index contributed by atoms with van der Waals surface area (Å²) in [6.07, 6.45) is 0.794. The summed E-state index contributed by atoms with van der Waals surface area (Å²) >= 11 is 0. The van der Waals surface area contributed by atoms with Gasteiger partial charge in [0, 0.05) is 34.8 Å². The van der Waals surface area contributed by atoms with Gasteiger partial charge >= 0.3 is 5.63 Å². The molecule has 0 atom stereocenters. The molecule has 4 rings (SSSR count). The van der Waals surface area contributed by atoms with Gasteiger partial charge in [-0.1, -0.05) is 13.0 Å². The smallest absolute Gasteiger partial charge is 0.336 e. The molecule has 0 radical (unpaired) electrons. The fourth-order valence-electron chi connectivity index (χ4n) is 3.66. The van der Waals surface area contributed by atoms with Crippen LogP contribution in [0.1, 0.15) is 34.7 Å². The first-order valence-electron chi connectivity index (χ1n) is 9.02. The first-order chi connectivity index (χ1) is 12.5. The number of fused-ring (bicyclic) bond motifs is 2. The molecule has 26 heavy (non-hydrogen) atoms. The van der Waals surface area contributed by atoms with E-state index in [1.54, 1.807) is 6.07 Å². The van der Waals surface area contributed by atoms with Crippen LogP contribution >= 0.6 is 0 Å². The monoisotopic (exact) mass is 349 g/mol. The fourth-order valence-corrected chi connectivity index (χ4v) is 3.66. The molecule has 3 aromatic rings. The highest BCUT2D eigenvalue weighted by Gasteiger charge is 2.23.